The number of hydrogen-bond donors (Lipinski definition) is 1. The molecule has 0 amide bonds. The Morgan fingerprint density at radius 2 is 2.27 bits per heavy atom. The van der Waals surface area contributed by atoms with Gasteiger partial charge in [-0.25, -0.2) is 4.98 Å². The maximum absolute atomic E-state index is 8.97. The summed E-state index contributed by atoms with van der Waals surface area (Å²) in [5, 5.41) is 8.97. The smallest absolute Gasteiger partial charge is 0.146 e. The first-order valence-corrected chi connectivity index (χ1v) is 5.05. The Hall–Kier alpha value is -1.60. The molecule has 4 nitrogen and oxygen atoms in total. The molecule has 4 heteroatoms. The third-order valence-corrected chi connectivity index (χ3v) is 2.22. The van der Waals surface area contributed by atoms with Gasteiger partial charge in [-0.05, 0) is 26.0 Å². The maximum Gasteiger partial charge on any atom is 0.146 e. The Bertz CT molecular complexity index is 367. The fourth-order valence-corrected chi connectivity index (χ4v) is 1.44. The standard InChI is InChI=1S/C11H16N4/c1-3-15(7-6-12)11-10(8-13)5-4-9(2)14-11/h4-5H,3,6-7,12H2,1-2H3. The first-order valence-electron chi connectivity index (χ1n) is 5.05. The summed E-state index contributed by atoms with van der Waals surface area (Å²) in [5.74, 6) is 0.741. The van der Waals surface area contributed by atoms with E-state index in [1.165, 1.54) is 0 Å². The van der Waals surface area contributed by atoms with E-state index in [4.69, 9.17) is 11.0 Å². The third kappa shape index (κ3) is 2.67. The molecule has 0 spiro atoms. The van der Waals surface area contributed by atoms with Crippen molar-refractivity contribution in [2.75, 3.05) is 24.5 Å². The molecule has 1 heterocycles. The summed E-state index contributed by atoms with van der Waals surface area (Å²) in [4.78, 5) is 6.40. The van der Waals surface area contributed by atoms with Gasteiger partial charge in [-0.1, -0.05) is 0 Å². The minimum absolute atomic E-state index is 0.564. The van der Waals surface area contributed by atoms with Crippen molar-refractivity contribution in [3.05, 3.63) is 23.4 Å². The zero-order chi connectivity index (χ0) is 11.3. The number of nitrogens with zero attached hydrogens (tertiary/aromatic N) is 3. The molecule has 80 valence electrons. The van der Waals surface area contributed by atoms with Crippen molar-refractivity contribution in [3.63, 3.8) is 0 Å². The molecular weight excluding hydrogens is 188 g/mol. The van der Waals surface area contributed by atoms with E-state index in [9.17, 15) is 0 Å². The molecule has 1 aromatic heterocycles. The predicted octanol–water partition coefficient (Wildman–Crippen LogP) is 1.05. The second kappa shape index (κ2) is 5.32. The predicted molar refractivity (Wildman–Crippen MR) is 60.6 cm³/mol. The average Bonchev–Trinajstić information content (AvgIpc) is 2.26. The van der Waals surface area contributed by atoms with Crippen LogP contribution in [-0.4, -0.2) is 24.6 Å². The first kappa shape index (κ1) is 11.5. The lowest BCUT2D eigenvalue weighted by atomic mass is 10.2. The zero-order valence-corrected chi connectivity index (χ0v) is 9.20. The Kier molecular flexibility index (Phi) is 4.07. The maximum atomic E-state index is 8.97. The molecule has 0 aliphatic heterocycles. The number of nitrogens with two attached hydrogens (primary N) is 1. The molecule has 1 aromatic rings. The van der Waals surface area contributed by atoms with Crippen molar-refractivity contribution in [1.82, 2.24) is 4.98 Å². The Morgan fingerprint density at radius 3 is 2.80 bits per heavy atom. The quantitative estimate of drug-likeness (QED) is 0.796. The van der Waals surface area contributed by atoms with Crippen LogP contribution in [0.5, 0.6) is 0 Å². The Labute approximate surface area is 90.3 Å². The van der Waals surface area contributed by atoms with Gasteiger partial charge in [-0.3, -0.25) is 0 Å². The van der Waals surface area contributed by atoms with E-state index < -0.39 is 0 Å². The van der Waals surface area contributed by atoms with E-state index in [2.05, 4.69) is 11.1 Å². The lowest BCUT2D eigenvalue weighted by Crippen LogP contribution is -2.30. The van der Waals surface area contributed by atoms with Gasteiger partial charge in [0.25, 0.3) is 0 Å². The molecule has 2 N–H and O–H groups in total. The van der Waals surface area contributed by atoms with Crippen molar-refractivity contribution in [3.8, 4) is 6.07 Å². The van der Waals surface area contributed by atoms with E-state index in [1.54, 1.807) is 6.07 Å². The van der Waals surface area contributed by atoms with Gasteiger partial charge in [0.1, 0.15) is 11.9 Å². The van der Waals surface area contributed by atoms with Gasteiger partial charge < -0.3 is 10.6 Å². The van der Waals surface area contributed by atoms with Crippen LogP contribution in [0.25, 0.3) is 0 Å². The van der Waals surface area contributed by atoms with Crippen molar-refractivity contribution in [1.29, 1.82) is 5.26 Å². The molecule has 0 bridgehead atoms. The minimum atomic E-state index is 0.564. The number of aromatic nitrogens is 1. The third-order valence-electron chi connectivity index (χ3n) is 2.22. The topological polar surface area (TPSA) is 65.9 Å². The molecule has 0 aromatic carbocycles. The molecule has 0 radical (unpaired) electrons. The summed E-state index contributed by atoms with van der Waals surface area (Å²) in [5.41, 5.74) is 7.04. The molecule has 0 saturated carbocycles. The molecule has 0 aliphatic rings. The molecule has 15 heavy (non-hydrogen) atoms. The number of rotatable bonds is 4. The SMILES string of the molecule is CCN(CCN)c1nc(C)ccc1C#N. The molecule has 0 aliphatic carbocycles. The highest BCUT2D eigenvalue weighted by Gasteiger charge is 2.10. The number of hydrogen-bond acceptors (Lipinski definition) is 4. The summed E-state index contributed by atoms with van der Waals surface area (Å²) >= 11 is 0. The minimum Gasteiger partial charge on any atom is -0.355 e. The molecule has 0 saturated heterocycles. The average molecular weight is 204 g/mol. The highest BCUT2D eigenvalue weighted by atomic mass is 15.2. The van der Waals surface area contributed by atoms with Crippen LogP contribution in [-0.2, 0) is 0 Å². The fourth-order valence-electron chi connectivity index (χ4n) is 1.44. The number of nitriles is 1. The summed E-state index contributed by atoms with van der Waals surface area (Å²) in [6.07, 6.45) is 0. The van der Waals surface area contributed by atoms with Gasteiger partial charge in [-0.2, -0.15) is 5.26 Å². The van der Waals surface area contributed by atoms with Crippen LogP contribution < -0.4 is 10.6 Å². The van der Waals surface area contributed by atoms with Crippen LogP contribution in [0.2, 0.25) is 0 Å². The summed E-state index contributed by atoms with van der Waals surface area (Å²) in [7, 11) is 0. The highest BCUT2D eigenvalue weighted by molar-refractivity contribution is 5.54. The molecule has 0 atom stereocenters. The van der Waals surface area contributed by atoms with Crippen molar-refractivity contribution in [2.45, 2.75) is 13.8 Å². The lowest BCUT2D eigenvalue weighted by Gasteiger charge is -2.22. The van der Waals surface area contributed by atoms with Crippen LogP contribution in [0.3, 0.4) is 0 Å². The Balaban J connectivity index is 3.09. The van der Waals surface area contributed by atoms with Crippen LogP contribution in [0.1, 0.15) is 18.2 Å². The normalized spacial score (nSPS) is 9.73. The molecule has 0 unspecified atom stereocenters. The highest BCUT2D eigenvalue weighted by Crippen LogP contribution is 2.16. The number of aryl methyl sites for hydroxylation is 1. The largest absolute Gasteiger partial charge is 0.355 e. The second-order valence-electron chi connectivity index (χ2n) is 3.30. The van der Waals surface area contributed by atoms with E-state index >= 15 is 0 Å². The van der Waals surface area contributed by atoms with Gasteiger partial charge in [-0.15, -0.1) is 0 Å². The van der Waals surface area contributed by atoms with Gasteiger partial charge >= 0.3 is 0 Å². The van der Waals surface area contributed by atoms with E-state index in [-0.39, 0.29) is 0 Å². The summed E-state index contributed by atoms with van der Waals surface area (Å²) in [6.45, 7) is 6.04. The number of likely N-dealkylation sites (N-methyl/N-ethyl adjacent to an activating group) is 1. The molecule has 1 rings (SSSR count). The van der Waals surface area contributed by atoms with Crippen molar-refractivity contribution in [2.24, 2.45) is 5.73 Å². The van der Waals surface area contributed by atoms with Crippen molar-refractivity contribution < 1.29 is 0 Å². The summed E-state index contributed by atoms with van der Waals surface area (Å²) < 4.78 is 0. The lowest BCUT2D eigenvalue weighted by molar-refractivity contribution is 0.798. The van der Waals surface area contributed by atoms with E-state index in [1.807, 2.05) is 24.8 Å². The van der Waals surface area contributed by atoms with Gasteiger partial charge in [0, 0.05) is 25.3 Å². The monoisotopic (exact) mass is 204 g/mol. The van der Waals surface area contributed by atoms with Gasteiger partial charge in [0.15, 0.2) is 0 Å². The van der Waals surface area contributed by atoms with Gasteiger partial charge in [0.05, 0.1) is 5.56 Å². The second-order valence-corrected chi connectivity index (χ2v) is 3.30. The van der Waals surface area contributed by atoms with Crippen LogP contribution >= 0.6 is 0 Å². The Morgan fingerprint density at radius 1 is 1.53 bits per heavy atom. The van der Waals surface area contributed by atoms with Crippen LogP contribution in [0, 0.1) is 18.3 Å². The van der Waals surface area contributed by atoms with E-state index in [0.29, 0.717) is 12.1 Å². The van der Waals surface area contributed by atoms with Crippen molar-refractivity contribution >= 4 is 5.82 Å². The fraction of sp³-hybridized carbons (Fsp3) is 0.455. The van der Waals surface area contributed by atoms with Crippen LogP contribution in [0.4, 0.5) is 5.82 Å². The van der Waals surface area contributed by atoms with E-state index in [0.717, 1.165) is 24.6 Å². The zero-order valence-electron chi connectivity index (χ0n) is 9.20. The van der Waals surface area contributed by atoms with Crippen LogP contribution in [0.15, 0.2) is 12.1 Å². The van der Waals surface area contributed by atoms with Gasteiger partial charge in [0.2, 0.25) is 0 Å². The first-order chi connectivity index (χ1) is 7.22. The molecular formula is C11H16N4. The molecule has 0 fully saturated rings. The number of anilines is 1. The summed E-state index contributed by atoms with van der Waals surface area (Å²) in [6, 6.07) is 5.80. The number of pyridine rings is 1.